The van der Waals surface area contributed by atoms with Crippen LogP contribution >= 0.6 is 0 Å². The van der Waals surface area contributed by atoms with Crippen molar-refractivity contribution in [3.8, 4) is 11.5 Å². The Morgan fingerprint density at radius 3 is 1.35 bits per heavy atom. The number of benzene rings is 2. The summed E-state index contributed by atoms with van der Waals surface area (Å²) in [6.07, 6.45) is 13.6. The molecule has 37 heavy (non-hydrogen) atoms. The van der Waals surface area contributed by atoms with Crippen LogP contribution in [0.2, 0.25) is 0 Å². The van der Waals surface area contributed by atoms with Gasteiger partial charge in [0.2, 0.25) is 0 Å². The lowest BCUT2D eigenvalue weighted by molar-refractivity contribution is 0.299. The second kappa shape index (κ2) is 21.0. The Balaban J connectivity index is 0.000000375. The van der Waals surface area contributed by atoms with E-state index in [1.54, 1.807) is 0 Å². The van der Waals surface area contributed by atoms with E-state index >= 15 is 0 Å². The van der Waals surface area contributed by atoms with Crippen molar-refractivity contribution in [1.29, 1.82) is 0 Å². The first-order valence-electron chi connectivity index (χ1n) is 15.3. The van der Waals surface area contributed by atoms with Gasteiger partial charge >= 0.3 is 0 Å². The molecule has 2 aromatic carbocycles. The SMILES string of the molecule is CCC(C)CCCCOc1ccc(CCC(C)C)cc1.CCCCCOc1ccc(CCC(C)C)cc1. The molecule has 0 spiro atoms. The maximum Gasteiger partial charge on any atom is 0.119 e. The van der Waals surface area contributed by atoms with E-state index in [2.05, 4.69) is 97.0 Å². The second-order valence-electron chi connectivity index (χ2n) is 11.6. The lowest BCUT2D eigenvalue weighted by Gasteiger charge is -2.10. The fraction of sp³-hybridized carbons (Fsp3) is 0.657. The third-order valence-corrected chi connectivity index (χ3v) is 6.94. The van der Waals surface area contributed by atoms with E-state index in [1.807, 2.05) is 0 Å². The van der Waals surface area contributed by atoms with Gasteiger partial charge < -0.3 is 9.47 Å². The van der Waals surface area contributed by atoms with Crippen LogP contribution in [0.25, 0.3) is 0 Å². The molecule has 0 aliphatic rings. The van der Waals surface area contributed by atoms with Crippen molar-refractivity contribution < 1.29 is 9.47 Å². The maximum absolute atomic E-state index is 5.80. The standard InChI is InChI=1S/C19H32O.C16H26O/c1-5-17(4)8-6-7-15-20-19-13-11-18(12-14-19)10-9-16(2)3;1-4-5-6-13-17-16-11-9-15(10-12-16)8-7-14(2)3/h11-14,16-17H,5-10,15H2,1-4H3;9-12,14H,4-8,13H2,1-3H3. The van der Waals surface area contributed by atoms with Crippen LogP contribution in [0.3, 0.4) is 0 Å². The predicted molar refractivity (Wildman–Crippen MR) is 163 cm³/mol. The third kappa shape index (κ3) is 18.0. The van der Waals surface area contributed by atoms with Crippen LogP contribution in [0, 0.1) is 17.8 Å². The summed E-state index contributed by atoms with van der Waals surface area (Å²) in [5.41, 5.74) is 2.84. The highest BCUT2D eigenvalue weighted by Crippen LogP contribution is 2.17. The topological polar surface area (TPSA) is 18.5 Å². The molecule has 0 radical (unpaired) electrons. The van der Waals surface area contributed by atoms with Crippen molar-refractivity contribution in [2.75, 3.05) is 13.2 Å². The monoisotopic (exact) mass is 510 g/mol. The number of rotatable bonds is 18. The molecule has 0 saturated heterocycles. The number of aryl methyl sites for hydroxylation is 2. The smallest absolute Gasteiger partial charge is 0.119 e. The molecule has 0 aliphatic carbocycles. The fourth-order valence-electron chi connectivity index (χ4n) is 3.95. The molecular formula is C35H58O2. The van der Waals surface area contributed by atoms with Crippen molar-refractivity contribution in [3.05, 3.63) is 59.7 Å². The number of hydrogen-bond donors (Lipinski definition) is 0. The molecule has 1 atom stereocenters. The van der Waals surface area contributed by atoms with E-state index in [4.69, 9.17) is 9.47 Å². The van der Waals surface area contributed by atoms with E-state index in [-0.39, 0.29) is 0 Å². The lowest BCUT2D eigenvalue weighted by Crippen LogP contribution is -1.99. The summed E-state index contributed by atoms with van der Waals surface area (Å²) < 4.78 is 11.5. The van der Waals surface area contributed by atoms with Crippen LogP contribution in [0.5, 0.6) is 11.5 Å². The molecule has 0 amide bonds. The van der Waals surface area contributed by atoms with Crippen LogP contribution in [-0.2, 0) is 12.8 Å². The van der Waals surface area contributed by atoms with E-state index in [9.17, 15) is 0 Å². The molecule has 0 fully saturated rings. The van der Waals surface area contributed by atoms with Crippen molar-refractivity contribution in [1.82, 2.24) is 0 Å². The van der Waals surface area contributed by atoms with Crippen LogP contribution < -0.4 is 9.47 Å². The van der Waals surface area contributed by atoms with Crippen LogP contribution in [0.4, 0.5) is 0 Å². The predicted octanol–water partition coefficient (Wildman–Crippen LogP) is 10.7. The van der Waals surface area contributed by atoms with Gasteiger partial charge in [0.25, 0.3) is 0 Å². The molecule has 2 nitrogen and oxygen atoms in total. The lowest BCUT2D eigenvalue weighted by atomic mass is 10.0. The van der Waals surface area contributed by atoms with Gasteiger partial charge in [-0.2, -0.15) is 0 Å². The Kier molecular flexibility index (Phi) is 18.8. The summed E-state index contributed by atoms with van der Waals surface area (Å²) >= 11 is 0. The summed E-state index contributed by atoms with van der Waals surface area (Å²) in [4.78, 5) is 0. The summed E-state index contributed by atoms with van der Waals surface area (Å²) in [5, 5.41) is 0. The largest absolute Gasteiger partial charge is 0.494 e. The van der Waals surface area contributed by atoms with Gasteiger partial charge in [-0.1, -0.05) is 98.4 Å². The van der Waals surface area contributed by atoms with Gasteiger partial charge in [-0.25, -0.2) is 0 Å². The summed E-state index contributed by atoms with van der Waals surface area (Å²) in [6.45, 7) is 17.6. The van der Waals surface area contributed by atoms with Gasteiger partial charge in [0.1, 0.15) is 11.5 Å². The minimum Gasteiger partial charge on any atom is -0.494 e. The van der Waals surface area contributed by atoms with Crippen molar-refractivity contribution in [3.63, 3.8) is 0 Å². The molecule has 2 aromatic rings. The molecule has 0 heterocycles. The number of unbranched alkanes of at least 4 members (excludes halogenated alkanes) is 3. The molecule has 0 aromatic heterocycles. The van der Waals surface area contributed by atoms with E-state index in [0.717, 1.165) is 48.9 Å². The van der Waals surface area contributed by atoms with Crippen LogP contribution in [0.15, 0.2) is 48.5 Å². The van der Waals surface area contributed by atoms with Gasteiger partial charge in [0.15, 0.2) is 0 Å². The molecule has 210 valence electrons. The summed E-state index contributed by atoms with van der Waals surface area (Å²) in [5.74, 6) is 4.43. The number of ether oxygens (including phenoxy) is 2. The van der Waals surface area contributed by atoms with Gasteiger partial charge in [0.05, 0.1) is 13.2 Å². The maximum atomic E-state index is 5.80. The van der Waals surface area contributed by atoms with E-state index in [1.165, 1.54) is 75.3 Å². The van der Waals surface area contributed by atoms with Gasteiger partial charge in [0, 0.05) is 0 Å². The Labute approximate surface area is 230 Å². The molecular weight excluding hydrogens is 452 g/mol. The van der Waals surface area contributed by atoms with Gasteiger partial charge in [-0.15, -0.1) is 0 Å². The van der Waals surface area contributed by atoms with E-state index in [0.29, 0.717) is 0 Å². The highest BCUT2D eigenvalue weighted by molar-refractivity contribution is 5.28. The van der Waals surface area contributed by atoms with E-state index < -0.39 is 0 Å². The molecule has 0 bridgehead atoms. The van der Waals surface area contributed by atoms with Crippen molar-refractivity contribution >= 4 is 0 Å². The fourth-order valence-corrected chi connectivity index (χ4v) is 3.95. The Hall–Kier alpha value is -1.96. The average molecular weight is 511 g/mol. The third-order valence-electron chi connectivity index (χ3n) is 6.94. The first-order valence-corrected chi connectivity index (χ1v) is 15.3. The quantitative estimate of drug-likeness (QED) is 0.186. The Morgan fingerprint density at radius 1 is 0.541 bits per heavy atom. The summed E-state index contributed by atoms with van der Waals surface area (Å²) in [6, 6.07) is 17.2. The van der Waals surface area contributed by atoms with Crippen molar-refractivity contribution in [2.45, 2.75) is 119 Å². The zero-order valence-corrected chi connectivity index (χ0v) is 25.4. The number of hydrogen-bond acceptors (Lipinski definition) is 2. The van der Waals surface area contributed by atoms with Crippen LogP contribution in [-0.4, -0.2) is 13.2 Å². The molecule has 0 saturated carbocycles. The summed E-state index contributed by atoms with van der Waals surface area (Å²) in [7, 11) is 0. The normalized spacial score (nSPS) is 11.8. The first kappa shape index (κ1) is 33.1. The average Bonchev–Trinajstić information content (AvgIpc) is 2.90. The highest BCUT2D eigenvalue weighted by Gasteiger charge is 2.01. The van der Waals surface area contributed by atoms with Gasteiger partial charge in [-0.05, 0) is 98.1 Å². The Bertz CT molecular complexity index is 761. The molecule has 1 unspecified atom stereocenters. The molecule has 2 rings (SSSR count). The molecule has 0 N–H and O–H groups in total. The minimum atomic E-state index is 0.774. The van der Waals surface area contributed by atoms with Gasteiger partial charge in [-0.3, -0.25) is 0 Å². The van der Waals surface area contributed by atoms with Crippen molar-refractivity contribution in [2.24, 2.45) is 17.8 Å². The molecule has 0 aliphatic heterocycles. The zero-order chi connectivity index (χ0) is 27.3. The Morgan fingerprint density at radius 2 is 0.973 bits per heavy atom. The minimum absolute atomic E-state index is 0.774. The van der Waals surface area contributed by atoms with Crippen LogP contribution in [0.1, 0.15) is 117 Å². The first-order chi connectivity index (χ1) is 17.8. The second-order valence-corrected chi connectivity index (χ2v) is 11.6. The highest BCUT2D eigenvalue weighted by atomic mass is 16.5. The zero-order valence-electron chi connectivity index (χ0n) is 25.4. The molecule has 2 heteroatoms.